The number of carbonyl (C=O) groups excluding carboxylic acids is 2. The molecule has 1 saturated heterocycles. The highest BCUT2D eigenvalue weighted by molar-refractivity contribution is 5.97. The van der Waals surface area contributed by atoms with Gasteiger partial charge in [0, 0.05) is 31.4 Å². The van der Waals surface area contributed by atoms with Crippen LogP contribution in [0.3, 0.4) is 0 Å². The Morgan fingerprint density at radius 2 is 2.02 bits per heavy atom. The number of hydrogen-bond acceptors (Lipinski definition) is 8. The third-order valence-electron chi connectivity index (χ3n) is 7.11. The number of ether oxygens (including phenoxy) is 3. The van der Waals surface area contributed by atoms with Crippen molar-refractivity contribution < 1.29 is 23.8 Å². The molecule has 5 rings (SSSR count). The van der Waals surface area contributed by atoms with E-state index in [0.29, 0.717) is 67.7 Å². The van der Waals surface area contributed by atoms with E-state index < -0.39 is 0 Å². The Morgan fingerprint density at radius 1 is 1.15 bits per heavy atom. The number of anilines is 1. The summed E-state index contributed by atoms with van der Waals surface area (Å²) in [6.45, 7) is 5.84. The summed E-state index contributed by atoms with van der Waals surface area (Å²) in [5.74, 6) is 2.60. The molecular formula is C30H35N5O5. The van der Waals surface area contributed by atoms with Crippen LogP contribution in [0.15, 0.2) is 54.7 Å². The van der Waals surface area contributed by atoms with Gasteiger partial charge in [-0.2, -0.15) is 0 Å². The van der Waals surface area contributed by atoms with Crippen LogP contribution >= 0.6 is 0 Å². The molecule has 0 radical (unpaired) electrons. The van der Waals surface area contributed by atoms with Crippen LogP contribution in [0.2, 0.25) is 0 Å². The van der Waals surface area contributed by atoms with E-state index in [0.717, 1.165) is 11.4 Å². The van der Waals surface area contributed by atoms with Gasteiger partial charge in [-0.15, -0.1) is 0 Å². The molecule has 3 aromatic rings. The Labute approximate surface area is 234 Å². The van der Waals surface area contributed by atoms with E-state index in [1.807, 2.05) is 44.2 Å². The number of amides is 2. The van der Waals surface area contributed by atoms with Crippen molar-refractivity contribution in [1.29, 1.82) is 0 Å². The fourth-order valence-electron chi connectivity index (χ4n) is 5.13. The molecule has 0 unspecified atom stereocenters. The Morgan fingerprint density at radius 3 is 2.83 bits per heavy atom. The largest absolute Gasteiger partial charge is 0.493 e. The molecule has 1 aromatic heterocycles. The minimum atomic E-state index is -0.298. The number of aryl methyl sites for hydroxylation is 1. The first-order valence-corrected chi connectivity index (χ1v) is 13.6. The van der Waals surface area contributed by atoms with Crippen molar-refractivity contribution >= 4 is 17.6 Å². The molecule has 10 nitrogen and oxygen atoms in total. The van der Waals surface area contributed by atoms with Gasteiger partial charge in [-0.1, -0.05) is 19.1 Å². The van der Waals surface area contributed by atoms with Crippen LogP contribution in [0.1, 0.15) is 41.5 Å². The van der Waals surface area contributed by atoms with Gasteiger partial charge in [0.05, 0.1) is 32.4 Å². The summed E-state index contributed by atoms with van der Waals surface area (Å²) in [6, 6.07) is 14.4. The average molecular weight is 546 g/mol. The number of nitrogens with one attached hydrogen (secondary N) is 1. The van der Waals surface area contributed by atoms with Crippen LogP contribution in [-0.4, -0.2) is 72.1 Å². The lowest BCUT2D eigenvalue weighted by Gasteiger charge is -2.39. The highest BCUT2D eigenvalue weighted by atomic mass is 16.5. The fraction of sp³-hybridized carbons (Fsp3) is 0.400. The van der Waals surface area contributed by atoms with Gasteiger partial charge in [0.2, 0.25) is 5.91 Å². The van der Waals surface area contributed by atoms with Crippen molar-refractivity contribution in [3.8, 4) is 17.2 Å². The van der Waals surface area contributed by atoms with E-state index in [4.69, 9.17) is 14.2 Å². The maximum atomic E-state index is 13.5. The second-order valence-corrected chi connectivity index (χ2v) is 10.1. The van der Waals surface area contributed by atoms with Gasteiger partial charge in [0.15, 0.2) is 11.5 Å². The Hall–Kier alpha value is -4.18. The molecular weight excluding hydrogens is 510 g/mol. The lowest BCUT2D eigenvalue weighted by Crippen LogP contribution is -2.56. The number of benzene rings is 2. The molecule has 1 fully saturated rings. The molecule has 40 heavy (non-hydrogen) atoms. The molecule has 10 heteroatoms. The van der Waals surface area contributed by atoms with Crippen molar-refractivity contribution in [2.24, 2.45) is 0 Å². The zero-order chi connectivity index (χ0) is 28.1. The number of carbonyl (C=O) groups is 2. The molecule has 1 N–H and O–H groups in total. The second kappa shape index (κ2) is 12.3. The maximum absolute atomic E-state index is 13.5. The van der Waals surface area contributed by atoms with Crippen molar-refractivity contribution in [1.82, 2.24) is 20.2 Å². The zero-order valence-corrected chi connectivity index (χ0v) is 23.1. The fourth-order valence-corrected chi connectivity index (χ4v) is 5.13. The predicted octanol–water partition coefficient (Wildman–Crippen LogP) is 3.73. The summed E-state index contributed by atoms with van der Waals surface area (Å²) in [5.41, 5.74) is 1.35. The molecule has 2 amide bonds. The number of fused-ring (bicyclic) bond motifs is 5. The predicted molar refractivity (Wildman–Crippen MR) is 150 cm³/mol. The lowest BCUT2D eigenvalue weighted by molar-refractivity contribution is -0.124. The van der Waals surface area contributed by atoms with Gasteiger partial charge in [-0.25, -0.2) is 9.97 Å². The third-order valence-corrected chi connectivity index (χ3v) is 7.11. The molecule has 2 aliphatic rings. The molecule has 2 aliphatic heterocycles. The molecule has 0 aliphatic carbocycles. The standard InChI is InChI=1S/C30H35N5O5/c1-4-13-35-18-29(36)33-24-11-14-34(28-10-12-31-20(2)32-28)17-27(24)39-19-21-6-5-7-23(15-21)40-26-16-22(30(35)37)8-9-25(26)38-3/h5-10,12,15-16,24,27H,4,11,13-14,17-19H2,1-3H3,(H,33,36)/t24-,27-/m0/s1. The topological polar surface area (TPSA) is 106 Å². The summed E-state index contributed by atoms with van der Waals surface area (Å²) in [5, 5.41) is 3.16. The van der Waals surface area contributed by atoms with Crippen LogP contribution in [0.5, 0.6) is 17.2 Å². The number of hydrogen-bond donors (Lipinski definition) is 1. The monoisotopic (exact) mass is 545 g/mol. The summed E-state index contributed by atoms with van der Waals surface area (Å²) in [4.78, 5) is 39.3. The Balaban J connectivity index is 1.47. The molecule has 0 saturated carbocycles. The third kappa shape index (κ3) is 6.34. The SMILES string of the molecule is CCCN1CC(=O)N[C@H]2CCN(c3ccnc(C)n3)C[C@@H]2OCc2cccc(c2)Oc2cc(ccc2OC)C1=O. The summed E-state index contributed by atoms with van der Waals surface area (Å²) >= 11 is 0. The van der Waals surface area contributed by atoms with Crippen molar-refractivity contribution in [3.63, 3.8) is 0 Å². The second-order valence-electron chi connectivity index (χ2n) is 10.1. The minimum Gasteiger partial charge on any atom is -0.493 e. The van der Waals surface area contributed by atoms with Gasteiger partial charge in [-0.05, 0) is 61.7 Å². The molecule has 4 bridgehead atoms. The molecule has 3 heterocycles. The Bertz CT molecular complexity index is 1370. The smallest absolute Gasteiger partial charge is 0.254 e. The van der Waals surface area contributed by atoms with Crippen molar-refractivity contribution in [2.45, 2.75) is 45.4 Å². The van der Waals surface area contributed by atoms with E-state index >= 15 is 0 Å². The lowest BCUT2D eigenvalue weighted by atomic mass is 10.0. The van der Waals surface area contributed by atoms with E-state index in [1.165, 1.54) is 0 Å². The van der Waals surface area contributed by atoms with E-state index in [-0.39, 0.29) is 30.5 Å². The first-order valence-electron chi connectivity index (χ1n) is 13.6. The number of nitrogens with zero attached hydrogens (tertiary/aromatic N) is 4. The van der Waals surface area contributed by atoms with Crippen molar-refractivity contribution in [2.75, 3.05) is 38.2 Å². The molecule has 2 aromatic carbocycles. The van der Waals surface area contributed by atoms with E-state index in [9.17, 15) is 9.59 Å². The van der Waals surface area contributed by atoms with Crippen LogP contribution in [0, 0.1) is 6.92 Å². The first-order chi connectivity index (χ1) is 19.4. The van der Waals surface area contributed by atoms with E-state index in [1.54, 1.807) is 36.4 Å². The maximum Gasteiger partial charge on any atom is 0.254 e. The van der Waals surface area contributed by atoms with Crippen molar-refractivity contribution in [3.05, 3.63) is 71.7 Å². The van der Waals surface area contributed by atoms with Gasteiger partial charge in [-0.3, -0.25) is 9.59 Å². The number of methoxy groups -OCH3 is 1. The van der Waals surface area contributed by atoms with Gasteiger partial charge < -0.3 is 29.3 Å². The van der Waals surface area contributed by atoms with Gasteiger partial charge >= 0.3 is 0 Å². The highest BCUT2D eigenvalue weighted by Gasteiger charge is 2.33. The average Bonchev–Trinajstić information content (AvgIpc) is 2.96. The quantitative estimate of drug-likeness (QED) is 0.529. The van der Waals surface area contributed by atoms with Gasteiger partial charge in [0.1, 0.15) is 17.4 Å². The summed E-state index contributed by atoms with van der Waals surface area (Å²) < 4.78 is 18.1. The number of aromatic nitrogens is 2. The van der Waals surface area contributed by atoms with Crippen LogP contribution in [0.25, 0.3) is 0 Å². The number of piperidine rings is 1. The first kappa shape index (κ1) is 27.4. The van der Waals surface area contributed by atoms with Crippen LogP contribution in [-0.2, 0) is 16.1 Å². The normalized spacial score (nSPS) is 19.9. The van der Waals surface area contributed by atoms with Gasteiger partial charge in [0.25, 0.3) is 5.91 Å². The van der Waals surface area contributed by atoms with Crippen LogP contribution in [0.4, 0.5) is 5.82 Å². The Kier molecular flexibility index (Phi) is 8.45. The number of rotatable bonds is 4. The minimum absolute atomic E-state index is 0.0496. The summed E-state index contributed by atoms with van der Waals surface area (Å²) in [6.07, 6.45) is 2.84. The van der Waals surface area contributed by atoms with Crippen LogP contribution < -0.4 is 19.7 Å². The summed E-state index contributed by atoms with van der Waals surface area (Å²) in [7, 11) is 1.56. The zero-order valence-electron chi connectivity index (χ0n) is 23.1. The highest BCUT2D eigenvalue weighted by Crippen LogP contribution is 2.33. The molecule has 2 atom stereocenters. The molecule has 0 spiro atoms. The van der Waals surface area contributed by atoms with E-state index in [2.05, 4.69) is 20.2 Å². The molecule has 210 valence electrons.